The van der Waals surface area contributed by atoms with Crippen molar-refractivity contribution in [1.29, 1.82) is 0 Å². The molecule has 0 unspecified atom stereocenters. The molecule has 0 saturated heterocycles. The molecule has 0 bridgehead atoms. The number of unbranched alkanes of at least 4 members (excludes halogenated alkanes) is 5. The van der Waals surface area contributed by atoms with Gasteiger partial charge in [-0.2, -0.15) is 0 Å². The largest absolute Gasteiger partial charge is 0.350 e. The number of nitrogens with zero attached hydrogens (tertiary/aromatic N) is 1. The monoisotopic (exact) mass is 264 g/mol. The molecule has 1 aromatic rings. The van der Waals surface area contributed by atoms with Gasteiger partial charge in [-0.25, -0.2) is 0 Å². The summed E-state index contributed by atoms with van der Waals surface area (Å²) in [6, 6.07) is 4.40. The van der Waals surface area contributed by atoms with Crippen LogP contribution in [0.15, 0.2) is 18.3 Å². The fraction of sp³-hybridized carbons (Fsp3) is 0.765. The summed E-state index contributed by atoms with van der Waals surface area (Å²) in [5, 5.41) is 3.56. The first-order valence-electron chi connectivity index (χ1n) is 7.92. The van der Waals surface area contributed by atoms with Crippen LogP contribution >= 0.6 is 0 Å². The van der Waals surface area contributed by atoms with Crippen LogP contribution in [-0.4, -0.2) is 10.1 Å². The average molecular weight is 264 g/mol. The summed E-state index contributed by atoms with van der Waals surface area (Å²) in [6.07, 6.45) is 10.4. The van der Waals surface area contributed by atoms with Crippen LogP contribution in [0, 0.1) is 0 Å². The molecule has 19 heavy (non-hydrogen) atoms. The van der Waals surface area contributed by atoms with Gasteiger partial charge in [-0.05, 0) is 39.3 Å². The first-order valence-corrected chi connectivity index (χ1v) is 7.92. The Labute approximate surface area is 119 Å². The van der Waals surface area contributed by atoms with Crippen LogP contribution in [0.4, 0.5) is 0 Å². The van der Waals surface area contributed by atoms with Gasteiger partial charge in [-0.1, -0.05) is 39.0 Å². The molecule has 1 aromatic heterocycles. The zero-order chi connectivity index (χ0) is 14.1. The van der Waals surface area contributed by atoms with Crippen LogP contribution in [0.5, 0.6) is 0 Å². The van der Waals surface area contributed by atoms with E-state index >= 15 is 0 Å². The molecular formula is C17H32N2. The van der Waals surface area contributed by atoms with Crippen molar-refractivity contribution in [3.63, 3.8) is 0 Å². The van der Waals surface area contributed by atoms with E-state index < -0.39 is 0 Å². The summed E-state index contributed by atoms with van der Waals surface area (Å²) in [6.45, 7) is 11.1. The Morgan fingerprint density at radius 2 is 1.74 bits per heavy atom. The van der Waals surface area contributed by atoms with Crippen LogP contribution in [0.1, 0.15) is 71.9 Å². The minimum absolute atomic E-state index is 0.190. The Morgan fingerprint density at radius 1 is 1.05 bits per heavy atom. The van der Waals surface area contributed by atoms with Gasteiger partial charge in [0, 0.05) is 30.5 Å². The van der Waals surface area contributed by atoms with Crippen LogP contribution in [0.2, 0.25) is 0 Å². The van der Waals surface area contributed by atoms with Crippen molar-refractivity contribution in [3.05, 3.63) is 24.0 Å². The third-order valence-corrected chi connectivity index (χ3v) is 3.48. The predicted molar refractivity (Wildman–Crippen MR) is 84.4 cm³/mol. The normalized spacial score (nSPS) is 12.0. The molecule has 110 valence electrons. The maximum Gasteiger partial charge on any atom is 0.0363 e. The van der Waals surface area contributed by atoms with Crippen LogP contribution in [-0.2, 0) is 13.1 Å². The number of aryl methyl sites for hydroxylation is 1. The van der Waals surface area contributed by atoms with E-state index in [9.17, 15) is 0 Å². The molecule has 0 atom stereocenters. The van der Waals surface area contributed by atoms with Gasteiger partial charge in [0.2, 0.25) is 0 Å². The van der Waals surface area contributed by atoms with E-state index in [1.165, 1.54) is 50.8 Å². The highest BCUT2D eigenvalue weighted by Crippen LogP contribution is 2.10. The number of hydrogen-bond acceptors (Lipinski definition) is 1. The molecule has 2 nitrogen and oxygen atoms in total. The van der Waals surface area contributed by atoms with Gasteiger partial charge in [0.25, 0.3) is 0 Å². The Morgan fingerprint density at radius 3 is 2.42 bits per heavy atom. The molecule has 0 radical (unpaired) electrons. The molecule has 1 N–H and O–H groups in total. The molecule has 0 fully saturated rings. The molecule has 0 amide bonds. The van der Waals surface area contributed by atoms with Gasteiger partial charge >= 0.3 is 0 Å². The molecule has 0 spiro atoms. The fourth-order valence-electron chi connectivity index (χ4n) is 2.25. The lowest BCUT2D eigenvalue weighted by molar-refractivity contribution is 0.414. The predicted octanol–water partition coefficient (Wildman–Crippen LogP) is 4.74. The van der Waals surface area contributed by atoms with Crippen molar-refractivity contribution < 1.29 is 0 Å². The maximum absolute atomic E-state index is 3.56. The summed E-state index contributed by atoms with van der Waals surface area (Å²) in [7, 11) is 0. The quantitative estimate of drug-likeness (QED) is 0.638. The third-order valence-electron chi connectivity index (χ3n) is 3.48. The highest BCUT2D eigenvalue weighted by Gasteiger charge is 2.09. The molecule has 0 aromatic carbocycles. The van der Waals surface area contributed by atoms with E-state index in [-0.39, 0.29) is 5.54 Å². The number of rotatable bonds is 9. The molecule has 2 heteroatoms. The SMILES string of the molecule is CCCCCCCCn1cccc1CNC(C)(C)C. The second-order valence-electron chi connectivity index (χ2n) is 6.56. The summed E-state index contributed by atoms with van der Waals surface area (Å²) in [5.74, 6) is 0. The van der Waals surface area contributed by atoms with Crippen molar-refractivity contribution in [2.24, 2.45) is 0 Å². The highest BCUT2D eigenvalue weighted by molar-refractivity contribution is 5.07. The number of aromatic nitrogens is 1. The van der Waals surface area contributed by atoms with E-state index in [1.54, 1.807) is 0 Å². The van der Waals surface area contributed by atoms with Crippen molar-refractivity contribution in [2.75, 3.05) is 0 Å². The second kappa shape index (κ2) is 8.42. The van der Waals surface area contributed by atoms with Crippen molar-refractivity contribution in [2.45, 2.75) is 84.8 Å². The van der Waals surface area contributed by atoms with Gasteiger partial charge in [-0.3, -0.25) is 0 Å². The molecule has 1 heterocycles. The lowest BCUT2D eigenvalue weighted by Crippen LogP contribution is -2.35. The third kappa shape index (κ3) is 7.41. The van der Waals surface area contributed by atoms with E-state index in [2.05, 4.69) is 55.9 Å². The van der Waals surface area contributed by atoms with Gasteiger partial charge in [0.05, 0.1) is 0 Å². The summed E-state index contributed by atoms with van der Waals surface area (Å²) in [5.41, 5.74) is 1.60. The van der Waals surface area contributed by atoms with Crippen LogP contribution < -0.4 is 5.32 Å². The standard InChI is InChI=1S/C17H32N2/c1-5-6-7-8-9-10-13-19-14-11-12-16(19)15-18-17(2,3)4/h11-12,14,18H,5-10,13,15H2,1-4H3. The zero-order valence-electron chi connectivity index (χ0n) is 13.3. The first-order chi connectivity index (χ1) is 9.03. The summed E-state index contributed by atoms with van der Waals surface area (Å²) < 4.78 is 2.40. The lowest BCUT2D eigenvalue weighted by Gasteiger charge is -2.21. The van der Waals surface area contributed by atoms with Gasteiger partial charge in [0.15, 0.2) is 0 Å². The number of hydrogen-bond donors (Lipinski definition) is 1. The minimum atomic E-state index is 0.190. The van der Waals surface area contributed by atoms with Crippen molar-refractivity contribution in [1.82, 2.24) is 9.88 Å². The maximum atomic E-state index is 3.56. The fourth-order valence-corrected chi connectivity index (χ4v) is 2.25. The Kier molecular flexibility index (Phi) is 7.22. The van der Waals surface area contributed by atoms with E-state index in [1.807, 2.05) is 0 Å². The number of nitrogens with one attached hydrogen (secondary N) is 1. The Bertz CT molecular complexity index is 333. The topological polar surface area (TPSA) is 17.0 Å². The van der Waals surface area contributed by atoms with Crippen LogP contribution in [0.3, 0.4) is 0 Å². The van der Waals surface area contributed by atoms with E-state index in [0.717, 1.165) is 6.54 Å². The molecular weight excluding hydrogens is 232 g/mol. The van der Waals surface area contributed by atoms with E-state index in [4.69, 9.17) is 0 Å². The molecule has 0 saturated carbocycles. The molecule has 0 aliphatic heterocycles. The van der Waals surface area contributed by atoms with Crippen molar-refractivity contribution >= 4 is 0 Å². The Balaban J connectivity index is 2.25. The molecule has 1 rings (SSSR count). The first kappa shape index (κ1) is 16.3. The summed E-state index contributed by atoms with van der Waals surface area (Å²) >= 11 is 0. The Hall–Kier alpha value is -0.760. The van der Waals surface area contributed by atoms with E-state index in [0.29, 0.717) is 0 Å². The zero-order valence-corrected chi connectivity index (χ0v) is 13.3. The van der Waals surface area contributed by atoms with Gasteiger partial charge < -0.3 is 9.88 Å². The van der Waals surface area contributed by atoms with Crippen LogP contribution in [0.25, 0.3) is 0 Å². The second-order valence-corrected chi connectivity index (χ2v) is 6.56. The smallest absolute Gasteiger partial charge is 0.0363 e. The molecule has 0 aliphatic carbocycles. The summed E-state index contributed by atoms with van der Waals surface area (Å²) in [4.78, 5) is 0. The lowest BCUT2D eigenvalue weighted by atomic mass is 10.1. The minimum Gasteiger partial charge on any atom is -0.350 e. The highest BCUT2D eigenvalue weighted by atomic mass is 15.0. The van der Waals surface area contributed by atoms with Crippen molar-refractivity contribution in [3.8, 4) is 0 Å². The van der Waals surface area contributed by atoms with Gasteiger partial charge in [-0.15, -0.1) is 0 Å². The van der Waals surface area contributed by atoms with Gasteiger partial charge in [0.1, 0.15) is 0 Å². The average Bonchev–Trinajstić information content (AvgIpc) is 2.78. The molecule has 0 aliphatic rings.